The van der Waals surface area contributed by atoms with Crippen LogP contribution in [0.5, 0.6) is 5.75 Å². The van der Waals surface area contributed by atoms with Crippen LogP contribution in [0.2, 0.25) is 0 Å². The molecule has 0 aromatic heterocycles. The number of likely N-dealkylation sites (tertiary alicyclic amines) is 1. The van der Waals surface area contributed by atoms with E-state index in [9.17, 15) is 10.1 Å². The number of ether oxygens (including phenoxy) is 1. The van der Waals surface area contributed by atoms with Gasteiger partial charge < -0.3 is 15.0 Å². The number of carbonyl (C=O) groups is 1. The van der Waals surface area contributed by atoms with Crippen LogP contribution in [-0.4, -0.2) is 43.6 Å². The second kappa shape index (κ2) is 10.1. The lowest BCUT2D eigenvalue weighted by molar-refractivity contribution is 0.0949. The number of fused-ring (bicyclic) bond motifs is 3. The summed E-state index contributed by atoms with van der Waals surface area (Å²) in [5.41, 5.74) is 4.74. The number of carbonyl (C=O) groups excluding carboxylic acids is 1. The fourth-order valence-electron chi connectivity index (χ4n) is 4.77. The number of rotatable bonds is 5. The minimum absolute atomic E-state index is 0. The quantitative estimate of drug-likeness (QED) is 0.610. The van der Waals surface area contributed by atoms with Crippen molar-refractivity contribution in [1.29, 1.82) is 5.26 Å². The molecule has 6 heteroatoms. The first-order valence-corrected chi connectivity index (χ1v) is 11.0. The van der Waals surface area contributed by atoms with Crippen LogP contribution < -0.4 is 10.1 Å². The molecule has 0 radical (unpaired) electrons. The number of benzene rings is 3. The van der Waals surface area contributed by atoms with Crippen LogP contribution in [0.25, 0.3) is 11.1 Å². The highest BCUT2D eigenvalue weighted by Crippen LogP contribution is 2.41. The van der Waals surface area contributed by atoms with Crippen LogP contribution in [0, 0.1) is 17.2 Å². The molecule has 33 heavy (non-hydrogen) atoms. The van der Waals surface area contributed by atoms with Crippen molar-refractivity contribution in [1.82, 2.24) is 10.2 Å². The summed E-state index contributed by atoms with van der Waals surface area (Å²) < 4.78 is 5.92. The molecule has 1 amide bonds. The zero-order valence-electron chi connectivity index (χ0n) is 18.2. The lowest BCUT2D eigenvalue weighted by atomic mass is 9.86. The third-order valence-corrected chi connectivity index (χ3v) is 6.48. The number of halogens is 1. The van der Waals surface area contributed by atoms with Crippen LogP contribution in [0.3, 0.4) is 0 Å². The van der Waals surface area contributed by atoms with E-state index in [-0.39, 0.29) is 18.3 Å². The Morgan fingerprint density at radius 3 is 2.55 bits per heavy atom. The first kappa shape index (κ1) is 22.8. The highest BCUT2D eigenvalue weighted by atomic mass is 35.5. The van der Waals surface area contributed by atoms with E-state index in [1.54, 1.807) is 0 Å². The molecule has 5 rings (SSSR count). The summed E-state index contributed by atoms with van der Waals surface area (Å²) in [6.07, 6.45) is 0. The summed E-state index contributed by atoms with van der Waals surface area (Å²) in [5, 5.41) is 12.3. The van der Waals surface area contributed by atoms with Crippen LogP contribution in [-0.2, 0) is 0 Å². The van der Waals surface area contributed by atoms with E-state index in [1.807, 2.05) is 60.7 Å². The predicted octanol–water partition coefficient (Wildman–Crippen LogP) is 4.48. The van der Waals surface area contributed by atoms with Crippen molar-refractivity contribution in [2.45, 2.75) is 5.92 Å². The average molecular weight is 460 g/mol. The minimum Gasteiger partial charge on any atom is -0.493 e. The second-order valence-electron chi connectivity index (χ2n) is 8.50. The van der Waals surface area contributed by atoms with Gasteiger partial charge in [0.15, 0.2) is 0 Å². The zero-order chi connectivity index (χ0) is 21.9. The molecule has 2 aliphatic heterocycles. The Labute approximate surface area is 200 Å². The van der Waals surface area contributed by atoms with E-state index >= 15 is 0 Å². The molecule has 168 valence electrons. The van der Waals surface area contributed by atoms with Gasteiger partial charge in [-0.15, -0.1) is 12.4 Å². The standard InChI is InChI=1S/C27H25N3O2.ClH/c28-15-19-6-11-26-24(14-19)25-17-30(16-23(25)18-32-26)13-12-29-27(31)22-9-7-21(8-10-22)20-4-2-1-3-5-20;/h1-11,14,23,25H,12-13,16-18H2,(H,29,31);1H. The number of nitrogens with one attached hydrogen (secondary N) is 1. The van der Waals surface area contributed by atoms with E-state index in [0.717, 1.165) is 42.1 Å². The van der Waals surface area contributed by atoms with Crippen molar-refractivity contribution in [3.63, 3.8) is 0 Å². The number of hydrogen-bond acceptors (Lipinski definition) is 4. The maximum Gasteiger partial charge on any atom is 0.251 e. The minimum atomic E-state index is -0.0476. The molecule has 2 heterocycles. The van der Waals surface area contributed by atoms with Gasteiger partial charge in [0.2, 0.25) is 0 Å². The summed E-state index contributed by atoms with van der Waals surface area (Å²) in [6.45, 7) is 3.99. The van der Waals surface area contributed by atoms with E-state index in [0.29, 0.717) is 36.1 Å². The largest absolute Gasteiger partial charge is 0.493 e. The highest BCUT2D eigenvalue weighted by molar-refractivity contribution is 5.94. The summed E-state index contributed by atoms with van der Waals surface area (Å²) in [6, 6.07) is 25.8. The van der Waals surface area contributed by atoms with Gasteiger partial charge in [0.1, 0.15) is 5.75 Å². The summed E-state index contributed by atoms with van der Waals surface area (Å²) in [4.78, 5) is 15.0. The van der Waals surface area contributed by atoms with Gasteiger partial charge in [-0.2, -0.15) is 5.26 Å². The Kier molecular flexibility index (Phi) is 6.98. The van der Waals surface area contributed by atoms with Gasteiger partial charge in [0, 0.05) is 49.1 Å². The summed E-state index contributed by atoms with van der Waals surface area (Å²) >= 11 is 0. The van der Waals surface area contributed by atoms with Crippen LogP contribution in [0.15, 0.2) is 72.8 Å². The third kappa shape index (κ3) is 4.88. The molecule has 1 fully saturated rings. The van der Waals surface area contributed by atoms with E-state index < -0.39 is 0 Å². The molecule has 5 nitrogen and oxygen atoms in total. The molecular weight excluding hydrogens is 434 g/mol. The van der Waals surface area contributed by atoms with Crippen molar-refractivity contribution < 1.29 is 9.53 Å². The van der Waals surface area contributed by atoms with Gasteiger partial charge in [-0.05, 0) is 41.5 Å². The molecule has 2 atom stereocenters. The fourth-order valence-corrected chi connectivity index (χ4v) is 4.77. The van der Waals surface area contributed by atoms with Crippen LogP contribution >= 0.6 is 12.4 Å². The van der Waals surface area contributed by atoms with E-state index in [4.69, 9.17) is 4.74 Å². The van der Waals surface area contributed by atoms with Crippen molar-refractivity contribution in [2.75, 3.05) is 32.8 Å². The Morgan fingerprint density at radius 1 is 1.03 bits per heavy atom. The third-order valence-electron chi connectivity index (χ3n) is 6.48. The van der Waals surface area contributed by atoms with Gasteiger partial charge in [-0.25, -0.2) is 0 Å². The molecule has 3 aromatic carbocycles. The van der Waals surface area contributed by atoms with Gasteiger partial charge in [0.25, 0.3) is 5.91 Å². The van der Waals surface area contributed by atoms with E-state index in [2.05, 4.69) is 28.4 Å². The monoisotopic (exact) mass is 459 g/mol. The number of amides is 1. The molecule has 0 bridgehead atoms. The molecule has 1 saturated heterocycles. The van der Waals surface area contributed by atoms with Gasteiger partial charge >= 0.3 is 0 Å². The first-order valence-electron chi connectivity index (χ1n) is 11.0. The molecule has 2 aliphatic rings. The predicted molar refractivity (Wildman–Crippen MR) is 131 cm³/mol. The smallest absolute Gasteiger partial charge is 0.251 e. The fraction of sp³-hybridized carbons (Fsp3) is 0.259. The molecule has 0 aliphatic carbocycles. The van der Waals surface area contributed by atoms with Crippen molar-refractivity contribution in [3.05, 3.63) is 89.5 Å². The second-order valence-corrected chi connectivity index (χ2v) is 8.50. The Hall–Kier alpha value is -3.33. The number of hydrogen-bond donors (Lipinski definition) is 1. The lowest BCUT2D eigenvalue weighted by Crippen LogP contribution is -2.34. The van der Waals surface area contributed by atoms with Crippen LogP contribution in [0.1, 0.15) is 27.4 Å². The molecule has 2 unspecified atom stereocenters. The highest BCUT2D eigenvalue weighted by Gasteiger charge is 2.38. The first-order chi connectivity index (χ1) is 15.7. The van der Waals surface area contributed by atoms with Gasteiger partial charge in [-0.3, -0.25) is 4.79 Å². The normalized spacial score (nSPS) is 18.8. The molecule has 3 aromatic rings. The average Bonchev–Trinajstić information content (AvgIpc) is 3.28. The van der Waals surface area contributed by atoms with Gasteiger partial charge in [0.05, 0.1) is 18.2 Å². The van der Waals surface area contributed by atoms with Crippen molar-refractivity contribution >= 4 is 18.3 Å². The van der Waals surface area contributed by atoms with Gasteiger partial charge in [-0.1, -0.05) is 42.5 Å². The van der Waals surface area contributed by atoms with Crippen molar-refractivity contribution in [2.24, 2.45) is 5.92 Å². The maximum atomic E-state index is 12.6. The Balaban J connectivity index is 0.00000259. The Bertz CT molecular complexity index is 1160. The Morgan fingerprint density at radius 2 is 1.79 bits per heavy atom. The number of nitriles is 1. The van der Waals surface area contributed by atoms with E-state index in [1.165, 1.54) is 0 Å². The maximum absolute atomic E-state index is 12.6. The lowest BCUT2D eigenvalue weighted by Gasteiger charge is -2.27. The SMILES string of the molecule is Cl.N#Cc1ccc2c(c1)C1CN(CCNC(=O)c3ccc(-c4ccccc4)cc3)CC1CO2. The topological polar surface area (TPSA) is 65.4 Å². The summed E-state index contributed by atoms with van der Waals surface area (Å²) in [7, 11) is 0. The molecule has 0 spiro atoms. The van der Waals surface area contributed by atoms with Crippen molar-refractivity contribution in [3.8, 4) is 22.9 Å². The molecular formula is C27H26ClN3O2. The zero-order valence-corrected chi connectivity index (χ0v) is 19.1. The number of nitrogens with zero attached hydrogens (tertiary/aromatic N) is 2. The van der Waals surface area contributed by atoms with Crippen LogP contribution in [0.4, 0.5) is 0 Å². The molecule has 1 N–H and O–H groups in total. The molecule has 0 saturated carbocycles. The summed E-state index contributed by atoms with van der Waals surface area (Å²) in [5.74, 6) is 1.67.